The van der Waals surface area contributed by atoms with Gasteiger partial charge in [-0.1, -0.05) is 24.3 Å². The molecule has 120 valence electrons. The van der Waals surface area contributed by atoms with Crippen LogP contribution in [-0.2, 0) is 14.3 Å². The van der Waals surface area contributed by atoms with E-state index in [0.29, 0.717) is 13.0 Å². The van der Waals surface area contributed by atoms with Crippen molar-refractivity contribution in [1.29, 1.82) is 0 Å². The first-order valence-corrected chi connectivity index (χ1v) is 8.53. The molecule has 2 heterocycles. The predicted molar refractivity (Wildman–Crippen MR) is 90.9 cm³/mol. The van der Waals surface area contributed by atoms with E-state index in [1.165, 1.54) is 7.11 Å². The molecule has 0 radical (unpaired) electrons. The molecule has 2 unspecified atom stereocenters. The fourth-order valence-electron chi connectivity index (χ4n) is 3.07. The zero-order chi connectivity index (χ0) is 16.4. The number of amides is 1. The number of anilines is 1. The summed E-state index contributed by atoms with van der Waals surface area (Å²) in [5.74, 6) is -0.644. The van der Waals surface area contributed by atoms with Crippen LogP contribution in [0.25, 0.3) is 0 Å². The quantitative estimate of drug-likeness (QED) is 0.809. The highest BCUT2D eigenvalue weighted by molar-refractivity contribution is 7.10. The molecular weight excluding hydrogens is 310 g/mol. The monoisotopic (exact) mass is 329 g/mol. The van der Waals surface area contributed by atoms with Crippen molar-refractivity contribution in [2.24, 2.45) is 0 Å². The fourth-order valence-corrected chi connectivity index (χ4v) is 3.85. The third kappa shape index (κ3) is 2.88. The van der Waals surface area contributed by atoms with Gasteiger partial charge in [0, 0.05) is 17.1 Å². The number of thiophene rings is 1. The molecule has 2 atom stereocenters. The number of ether oxygens (including phenoxy) is 1. The Labute approximate surface area is 139 Å². The van der Waals surface area contributed by atoms with Gasteiger partial charge in [-0.05, 0) is 36.4 Å². The molecule has 2 aromatic rings. The van der Waals surface area contributed by atoms with E-state index < -0.39 is 0 Å². The zero-order valence-electron chi connectivity index (χ0n) is 13.2. The maximum atomic E-state index is 12.9. The Bertz CT molecular complexity index is 711. The van der Waals surface area contributed by atoms with E-state index in [1.54, 1.807) is 16.2 Å². The van der Waals surface area contributed by atoms with Crippen molar-refractivity contribution >= 4 is 28.9 Å². The SMILES string of the molecule is COC(=O)C1CCN(C(=O)C(C)c2cccs2)c2ccccc21. The van der Waals surface area contributed by atoms with Crippen molar-refractivity contribution in [2.75, 3.05) is 18.6 Å². The summed E-state index contributed by atoms with van der Waals surface area (Å²) in [6.07, 6.45) is 0.590. The molecule has 23 heavy (non-hydrogen) atoms. The lowest BCUT2D eigenvalue weighted by Crippen LogP contribution is -2.40. The van der Waals surface area contributed by atoms with Crippen molar-refractivity contribution < 1.29 is 14.3 Å². The average molecular weight is 329 g/mol. The number of carbonyl (C=O) groups is 2. The second-order valence-electron chi connectivity index (χ2n) is 5.65. The second-order valence-corrected chi connectivity index (χ2v) is 6.63. The summed E-state index contributed by atoms with van der Waals surface area (Å²) in [4.78, 5) is 27.8. The summed E-state index contributed by atoms with van der Waals surface area (Å²) >= 11 is 1.59. The van der Waals surface area contributed by atoms with Gasteiger partial charge in [-0.3, -0.25) is 9.59 Å². The number of hydrogen-bond donors (Lipinski definition) is 0. The van der Waals surface area contributed by atoms with Gasteiger partial charge >= 0.3 is 5.97 Å². The average Bonchev–Trinajstić information content (AvgIpc) is 3.13. The van der Waals surface area contributed by atoms with E-state index in [1.807, 2.05) is 48.7 Å². The highest BCUT2D eigenvalue weighted by atomic mass is 32.1. The molecule has 1 aliphatic rings. The summed E-state index contributed by atoms with van der Waals surface area (Å²) < 4.78 is 4.91. The Hall–Kier alpha value is -2.14. The lowest BCUT2D eigenvalue weighted by atomic mass is 9.89. The Morgan fingerprint density at radius 2 is 2.04 bits per heavy atom. The number of nitrogens with zero attached hydrogens (tertiary/aromatic N) is 1. The minimum atomic E-state index is -0.294. The van der Waals surface area contributed by atoms with E-state index in [4.69, 9.17) is 4.74 Å². The fraction of sp³-hybridized carbons (Fsp3) is 0.333. The first-order valence-electron chi connectivity index (χ1n) is 7.65. The second kappa shape index (κ2) is 6.54. The largest absolute Gasteiger partial charge is 0.469 e. The first-order chi connectivity index (χ1) is 11.1. The maximum Gasteiger partial charge on any atom is 0.313 e. The van der Waals surface area contributed by atoms with E-state index in [0.717, 1.165) is 16.1 Å². The van der Waals surface area contributed by atoms with Gasteiger partial charge in [0.05, 0.1) is 18.9 Å². The number of para-hydroxylation sites is 1. The van der Waals surface area contributed by atoms with Gasteiger partial charge in [0.15, 0.2) is 0 Å². The summed E-state index contributed by atoms with van der Waals surface area (Å²) in [6, 6.07) is 11.6. The van der Waals surface area contributed by atoms with E-state index in [2.05, 4.69) is 0 Å². The van der Waals surface area contributed by atoms with Crippen LogP contribution in [0.5, 0.6) is 0 Å². The van der Waals surface area contributed by atoms with Crippen molar-refractivity contribution in [3.05, 3.63) is 52.2 Å². The van der Waals surface area contributed by atoms with Crippen molar-refractivity contribution in [1.82, 2.24) is 0 Å². The summed E-state index contributed by atoms with van der Waals surface area (Å²) in [5.41, 5.74) is 1.69. The molecule has 1 amide bonds. The number of fused-ring (bicyclic) bond motifs is 1. The van der Waals surface area contributed by atoms with Gasteiger partial charge in [0.1, 0.15) is 0 Å². The van der Waals surface area contributed by atoms with Gasteiger partial charge in [-0.2, -0.15) is 0 Å². The third-order valence-corrected chi connectivity index (χ3v) is 5.39. The van der Waals surface area contributed by atoms with Crippen LogP contribution < -0.4 is 4.90 Å². The molecule has 0 bridgehead atoms. The Kier molecular flexibility index (Phi) is 4.48. The first kappa shape index (κ1) is 15.7. The summed E-state index contributed by atoms with van der Waals surface area (Å²) in [5, 5.41) is 1.98. The lowest BCUT2D eigenvalue weighted by molar-refractivity contribution is -0.142. The third-order valence-electron chi connectivity index (χ3n) is 4.34. The lowest BCUT2D eigenvalue weighted by Gasteiger charge is -2.34. The van der Waals surface area contributed by atoms with Crippen LogP contribution in [0.4, 0.5) is 5.69 Å². The Morgan fingerprint density at radius 1 is 1.26 bits per heavy atom. The number of hydrogen-bond acceptors (Lipinski definition) is 4. The predicted octanol–water partition coefficient (Wildman–Crippen LogP) is 3.55. The van der Waals surface area contributed by atoms with Crippen LogP contribution in [0.3, 0.4) is 0 Å². The van der Waals surface area contributed by atoms with Crippen LogP contribution in [0.15, 0.2) is 41.8 Å². The molecule has 0 N–H and O–H groups in total. The minimum absolute atomic E-state index is 0.0724. The van der Waals surface area contributed by atoms with Gasteiger partial charge in [0.2, 0.25) is 5.91 Å². The smallest absolute Gasteiger partial charge is 0.313 e. The number of esters is 1. The standard InChI is InChI=1S/C18H19NO3S/c1-12(16-8-5-11-23-16)17(20)19-10-9-14(18(21)22-2)13-6-3-4-7-15(13)19/h3-8,11-12,14H,9-10H2,1-2H3. The zero-order valence-corrected chi connectivity index (χ0v) is 14.0. The molecule has 5 heteroatoms. The molecule has 0 aliphatic carbocycles. The number of rotatable bonds is 3. The molecule has 0 saturated carbocycles. The van der Waals surface area contributed by atoms with Gasteiger partial charge in [-0.25, -0.2) is 0 Å². The van der Waals surface area contributed by atoms with E-state index >= 15 is 0 Å². The Morgan fingerprint density at radius 3 is 2.74 bits per heavy atom. The van der Waals surface area contributed by atoms with E-state index in [-0.39, 0.29) is 23.7 Å². The molecule has 0 spiro atoms. The number of carbonyl (C=O) groups excluding carboxylic acids is 2. The van der Waals surface area contributed by atoms with Crippen LogP contribution in [0.1, 0.15) is 35.6 Å². The molecule has 4 nitrogen and oxygen atoms in total. The van der Waals surface area contributed by atoms with Crippen LogP contribution in [0, 0.1) is 0 Å². The molecule has 0 saturated heterocycles. The topological polar surface area (TPSA) is 46.6 Å². The highest BCUT2D eigenvalue weighted by Gasteiger charge is 2.34. The summed E-state index contributed by atoms with van der Waals surface area (Å²) in [6.45, 7) is 2.47. The number of methoxy groups -OCH3 is 1. The van der Waals surface area contributed by atoms with Crippen LogP contribution in [-0.4, -0.2) is 25.5 Å². The van der Waals surface area contributed by atoms with Gasteiger partial charge in [-0.15, -0.1) is 11.3 Å². The maximum absolute atomic E-state index is 12.9. The molecule has 1 aromatic carbocycles. The van der Waals surface area contributed by atoms with Crippen molar-refractivity contribution in [3.63, 3.8) is 0 Å². The molecular formula is C18H19NO3S. The van der Waals surface area contributed by atoms with Crippen LogP contribution in [0.2, 0.25) is 0 Å². The Balaban J connectivity index is 1.92. The van der Waals surface area contributed by atoms with Crippen molar-refractivity contribution in [3.8, 4) is 0 Å². The molecule has 0 fully saturated rings. The van der Waals surface area contributed by atoms with E-state index in [9.17, 15) is 9.59 Å². The normalized spacial score (nSPS) is 18.2. The minimum Gasteiger partial charge on any atom is -0.469 e. The summed E-state index contributed by atoms with van der Waals surface area (Å²) in [7, 11) is 1.40. The van der Waals surface area contributed by atoms with Gasteiger partial charge < -0.3 is 9.64 Å². The highest BCUT2D eigenvalue weighted by Crippen LogP contribution is 2.37. The number of benzene rings is 1. The van der Waals surface area contributed by atoms with Crippen molar-refractivity contribution in [2.45, 2.75) is 25.2 Å². The molecule has 1 aromatic heterocycles. The van der Waals surface area contributed by atoms with Crippen LogP contribution >= 0.6 is 11.3 Å². The van der Waals surface area contributed by atoms with Gasteiger partial charge in [0.25, 0.3) is 0 Å². The molecule has 1 aliphatic heterocycles. The molecule has 3 rings (SSSR count).